The normalized spacial score (nSPS) is 10.8. The lowest BCUT2D eigenvalue weighted by Gasteiger charge is -2.22. The maximum absolute atomic E-state index is 14.2. The molecule has 3 rings (SSSR count). The molecule has 3 nitrogen and oxygen atoms in total. The average Bonchev–Trinajstić information content (AvgIpc) is 2.63. The molecule has 0 atom stereocenters. The topological polar surface area (TPSA) is 46.3 Å². The molecule has 28 heavy (non-hydrogen) atoms. The van der Waals surface area contributed by atoms with E-state index in [0.717, 1.165) is 22.3 Å². The van der Waals surface area contributed by atoms with Crippen molar-refractivity contribution in [3.05, 3.63) is 87.2 Å². The predicted molar refractivity (Wildman–Crippen MR) is 114 cm³/mol. The van der Waals surface area contributed by atoms with Crippen molar-refractivity contribution in [3.63, 3.8) is 0 Å². The van der Waals surface area contributed by atoms with Gasteiger partial charge >= 0.3 is 0 Å². The Morgan fingerprint density at radius 3 is 2.46 bits per heavy atom. The molecule has 3 aromatic rings. The van der Waals surface area contributed by atoms with Crippen LogP contribution in [0.3, 0.4) is 0 Å². The van der Waals surface area contributed by atoms with Gasteiger partial charge in [0.15, 0.2) is 0 Å². The number of halogens is 3. The van der Waals surface area contributed by atoms with Gasteiger partial charge < -0.3 is 10.6 Å². The number of primary amides is 1. The number of hydrogen-bond acceptors (Lipinski definition) is 2. The minimum atomic E-state index is -0.505. The molecule has 0 fully saturated rings. The van der Waals surface area contributed by atoms with Gasteiger partial charge in [-0.25, -0.2) is 4.39 Å². The molecule has 0 unspecified atom stereocenters. The van der Waals surface area contributed by atoms with Crippen molar-refractivity contribution in [2.24, 2.45) is 5.73 Å². The molecule has 0 aromatic heterocycles. The summed E-state index contributed by atoms with van der Waals surface area (Å²) in [6, 6.07) is 15.5. The summed E-state index contributed by atoms with van der Waals surface area (Å²) in [7, 11) is 1.80. The third-order valence-electron chi connectivity index (χ3n) is 4.63. The largest absolute Gasteiger partial charge is 0.367 e. The Labute approximate surface area is 173 Å². The van der Waals surface area contributed by atoms with Crippen LogP contribution in [-0.4, -0.2) is 13.0 Å². The Balaban J connectivity index is 1.91. The highest BCUT2D eigenvalue weighted by molar-refractivity contribution is 6.33. The summed E-state index contributed by atoms with van der Waals surface area (Å²) in [5, 5.41) is 0.902. The van der Waals surface area contributed by atoms with E-state index in [2.05, 4.69) is 0 Å². The third-order valence-corrected chi connectivity index (χ3v) is 5.27. The van der Waals surface area contributed by atoms with Crippen LogP contribution in [0.1, 0.15) is 21.5 Å². The first kappa shape index (κ1) is 20.2. The van der Waals surface area contributed by atoms with Crippen LogP contribution in [0.15, 0.2) is 54.6 Å². The van der Waals surface area contributed by atoms with Crippen LogP contribution in [0.5, 0.6) is 0 Å². The van der Waals surface area contributed by atoms with Gasteiger partial charge in [0.25, 0.3) is 0 Å². The summed E-state index contributed by atoms with van der Waals surface area (Å²) >= 11 is 12.5. The molecule has 0 aliphatic carbocycles. The second-order valence-electron chi connectivity index (χ2n) is 6.63. The minimum Gasteiger partial charge on any atom is -0.367 e. The molecular formula is C22H19Cl2FN2O. The zero-order valence-corrected chi connectivity index (χ0v) is 17.0. The molecule has 1 amide bonds. The highest BCUT2D eigenvalue weighted by Crippen LogP contribution is 2.32. The van der Waals surface area contributed by atoms with E-state index in [1.165, 1.54) is 6.07 Å². The lowest BCUT2D eigenvalue weighted by Crippen LogP contribution is -2.18. The van der Waals surface area contributed by atoms with Gasteiger partial charge in [-0.05, 0) is 53.9 Å². The van der Waals surface area contributed by atoms with Gasteiger partial charge in [0.2, 0.25) is 5.91 Å². The molecule has 0 bridgehead atoms. The number of carbonyl (C=O) groups excluding carboxylic acids is 1. The Hall–Kier alpha value is -2.56. The number of nitrogens with two attached hydrogens (primary N) is 1. The summed E-state index contributed by atoms with van der Waals surface area (Å²) in [5.74, 6) is -0.867. The van der Waals surface area contributed by atoms with Crippen molar-refractivity contribution in [2.75, 3.05) is 11.9 Å². The van der Waals surface area contributed by atoms with Crippen LogP contribution < -0.4 is 10.6 Å². The van der Waals surface area contributed by atoms with Crippen molar-refractivity contribution in [2.45, 2.75) is 13.5 Å². The Bertz CT molecular complexity index is 1030. The molecule has 0 saturated heterocycles. The van der Waals surface area contributed by atoms with Crippen LogP contribution in [-0.2, 0) is 6.54 Å². The zero-order valence-electron chi connectivity index (χ0n) is 15.5. The first-order chi connectivity index (χ1) is 13.3. The summed E-state index contributed by atoms with van der Waals surface area (Å²) in [5.41, 5.74) is 9.78. The molecule has 0 heterocycles. The fraction of sp³-hybridized carbons (Fsp3) is 0.136. The first-order valence-corrected chi connectivity index (χ1v) is 9.38. The molecule has 0 saturated carbocycles. The van der Waals surface area contributed by atoms with Crippen molar-refractivity contribution >= 4 is 34.8 Å². The summed E-state index contributed by atoms with van der Waals surface area (Å²) < 4.78 is 14.2. The van der Waals surface area contributed by atoms with Gasteiger partial charge in [-0.3, -0.25) is 4.79 Å². The van der Waals surface area contributed by atoms with Gasteiger partial charge in [-0.2, -0.15) is 0 Å². The van der Waals surface area contributed by atoms with Crippen LogP contribution in [0.2, 0.25) is 10.0 Å². The number of anilines is 1. The van der Waals surface area contributed by atoms with Gasteiger partial charge in [-0.1, -0.05) is 47.5 Å². The third kappa shape index (κ3) is 4.13. The lowest BCUT2D eigenvalue weighted by molar-refractivity contribution is 0.100. The van der Waals surface area contributed by atoms with E-state index in [0.29, 0.717) is 27.8 Å². The average molecular weight is 417 g/mol. The summed E-state index contributed by atoms with van der Waals surface area (Å²) in [6.07, 6.45) is 0. The quantitative estimate of drug-likeness (QED) is 0.567. The fourth-order valence-corrected chi connectivity index (χ4v) is 3.66. The molecule has 0 aliphatic heterocycles. The van der Waals surface area contributed by atoms with Gasteiger partial charge in [-0.15, -0.1) is 0 Å². The van der Waals surface area contributed by atoms with E-state index >= 15 is 0 Å². The number of aryl methyl sites for hydroxylation is 1. The van der Waals surface area contributed by atoms with E-state index < -0.39 is 5.91 Å². The fourth-order valence-electron chi connectivity index (χ4n) is 3.13. The molecule has 6 heteroatoms. The van der Waals surface area contributed by atoms with E-state index in [9.17, 15) is 9.18 Å². The Morgan fingerprint density at radius 2 is 1.82 bits per heavy atom. The highest BCUT2D eigenvalue weighted by Gasteiger charge is 2.14. The van der Waals surface area contributed by atoms with Crippen LogP contribution in [0.4, 0.5) is 10.1 Å². The maximum Gasteiger partial charge on any atom is 0.248 e. The lowest BCUT2D eigenvalue weighted by atomic mass is 9.98. The standard InChI is InChI=1S/C22H19Cl2FN2O/c1-13-10-14(17-11-15(22(26)28)8-9-18(17)23)6-7-16(13)12-27(2)21-19(24)4-3-5-20(21)25/h3-11H,12H2,1-2H3,(H2,26,28). The predicted octanol–water partition coefficient (Wildman–Crippen LogP) is 5.84. The molecule has 0 aliphatic rings. The maximum atomic E-state index is 14.2. The number of amides is 1. The smallest absolute Gasteiger partial charge is 0.248 e. The number of para-hydroxylation sites is 1. The van der Waals surface area contributed by atoms with Crippen molar-refractivity contribution in [1.82, 2.24) is 0 Å². The second-order valence-corrected chi connectivity index (χ2v) is 7.44. The molecular weight excluding hydrogens is 398 g/mol. The van der Waals surface area contributed by atoms with E-state index in [-0.39, 0.29) is 5.82 Å². The highest BCUT2D eigenvalue weighted by atomic mass is 35.5. The van der Waals surface area contributed by atoms with Crippen molar-refractivity contribution in [3.8, 4) is 11.1 Å². The van der Waals surface area contributed by atoms with E-state index in [1.54, 1.807) is 42.3 Å². The number of nitrogens with zero attached hydrogens (tertiary/aromatic N) is 1. The SMILES string of the molecule is Cc1cc(-c2cc(C(N)=O)ccc2Cl)ccc1CN(C)c1c(F)cccc1Cl. The molecule has 0 radical (unpaired) electrons. The molecule has 2 N–H and O–H groups in total. The first-order valence-electron chi connectivity index (χ1n) is 8.62. The molecule has 3 aromatic carbocycles. The number of hydrogen-bond donors (Lipinski definition) is 1. The Kier molecular flexibility index (Phi) is 5.92. The van der Waals surface area contributed by atoms with Crippen molar-refractivity contribution < 1.29 is 9.18 Å². The van der Waals surface area contributed by atoms with Crippen molar-refractivity contribution in [1.29, 1.82) is 0 Å². The number of benzene rings is 3. The Morgan fingerprint density at radius 1 is 1.07 bits per heavy atom. The monoisotopic (exact) mass is 416 g/mol. The van der Waals surface area contributed by atoms with Gasteiger partial charge in [0.1, 0.15) is 5.82 Å². The second kappa shape index (κ2) is 8.21. The van der Waals surface area contributed by atoms with Crippen LogP contribution in [0, 0.1) is 12.7 Å². The van der Waals surface area contributed by atoms with E-state index in [4.69, 9.17) is 28.9 Å². The van der Waals surface area contributed by atoms with Crippen LogP contribution >= 0.6 is 23.2 Å². The summed E-state index contributed by atoms with van der Waals surface area (Å²) in [4.78, 5) is 13.2. The van der Waals surface area contributed by atoms with Gasteiger partial charge in [0, 0.05) is 29.7 Å². The van der Waals surface area contributed by atoms with E-state index in [1.807, 2.05) is 25.1 Å². The molecule has 144 valence electrons. The minimum absolute atomic E-state index is 0.362. The zero-order chi connectivity index (χ0) is 20.4. The van der Waals surface area contributed by atoms with Crippen LogP contribution in [0.25, 0.3) is 11.1 Å². The van der Waals surface area contributed by atoms with Gasteiger partial charge in [0.05, 0.1) is 10.7 Å². The molecule has 0 spiro atoms. The summed E-state index contributed by atoms with van der Waals surface area (Å²) in [6.45, 7) is 2.46. The number of rotatable bonds is 5. The number of carbonyl (C=O) groups is 1.